The summed E-state index contributed by atoms with van der Waals surface area (Å²) in [5.74, 6) is 2.03. The number of nitrogens with zero attached hydrogens (tertiary/aromatic N) is 7. The molecular formula is C19H21N7O. The van der Waals surface area contributed by atoms with Crippen LogP contribution in [0.3, 0.4) is 0 Å². The van der Waals surface area contributed by atoms with Crippen LogP contribution in [-0.4, -0.2) is 53.6 Å². The summed E-state index contributed by atoms with van der Waals surface area (Å²) in [7, 11) is 1.96. The molecule has 8 heteroatoms. The van der Waals surface area contributed by atoms with E-state index >= 15 is 0 Å². The number of pyridine rings is 1. The Kier molecular flexibility index (Phi) is 4.86. The van der Waals surface area contributed by atoms with E-state index in [1.165, 1.54) is 0 Å². The third kappa shape index (κ3) is 3.84. The number of hydrogen-bond donors (Lipinski definition) is 0. The van der Waals surface area contributed by atoms with Crippen LogP contribution in [0.15, 0.2) is 43.1 Å². The molecule has 1 saturated heterocycles. The number of rotatable bonds is 4. The van der Waals surface area contributed by atoms with E-state index in [-0.39, 0.29) is 5.91 Å². The van der Waals surface area contributed by atoms with Crippen LogP contribution in [0.25, 0.3) is 11.5 Å². The van der Waals surface area contributed by atoms with Crippen molar-refractivity contribution in [2.45, 2.75) is 19.3 Å². The van der Waals surface area contributed by atoms with Crippen LogP contribution in [0.1, 0.15) is 29.0 Å². The van der Waals surface area contributed by atoms with Gasteiger partial charge in [0.1, 0.15) is 17.8 Å². The molecular weight excluding hydrogens is 342 g/mol. The highest BCUT2D eigenvalue weighted by Crippen LogP contribution is 2.22. The summed E-state index contributed by atoms with van der Waals surface area (Å²) in [5, 5.41) is 8.08. The van der Waals surface area contributed by atoms with E-state index in [1.807, 2.05) is 34.7 Å². The number of piperidine rings is 1. The van der Waals surface area contributed by atoms with Crippen molar-refractivity contribution in [1.29, 1.82) is 0 Å². The number of aromatic nitrogens is 6. The maximum absolute atomic E-state index is 12.7. The maximum Gasteiger partial charge on any atom is 0.256 e. The highest BCUT2D eigenvalue weighted by molar-refractivity contribution is 5.93. The molecule has 0 N–H and O–H groups in total. The Morgan fingerprint density at radius 1 is 1.15 bits per heavy atom. The second-order valence-corrected chi connectivity index (χ2v) is 6.81. The molecule has 0 spiro atoms. The number of aryl methyl sites for hydroxylation is 1. The molecule has 1 fully saturated rings. The normalized spacial score (nSPS) is 15.1. The Balaban J connectivity index is 1.36. The molecule has 0 radical (unpaired) electrons. The molecule has 0 saturated carbocycles. The standard InChI is InChI=1S/C19H21N7O/c1-25-13-23-24-17(25)10-14-5-8-26(9-6-14)19(27)15-11-21-18(22-12-15)16-4-2-3-7-20-16/h2-4,7,11-14H,5-6,8-10H2,1H3. The Morgan fingerprint density at radius 2 is 1.93 bits per heavy atom. The fraction of sp³-hybridized carbons (Fsp3) is 0.368. The fourth-order valence-electron chi connectivity index (χ4n) is 3.34. The van der Waals surface area contributed by atoms with Crippen molar-refractivity contribution in [3.05, 3.63) is 54.5 Å². The zero-order valence-corrected chi connectivity index (χ0v) is 15.2. The van der Waals surface area contributed by atoms with Crippen LogP contribution >= 0.6 is 0 Å². The molecule has 4 heterocycles. The van der Waals surface area contributed by atoms with Gasteiger partial charge < -0.3 is 9.47 Å². The SMILES string of the molecule is Cn1cnnc1CC1CCN(C(=O)c2cnc(-c3ccccn3)nc2)CC1. The molecule has 138 valence electrons. The highest BCUT2D eigenvalue weighted by Gasteiger charge is 2.25. The summed E-state index contributed by atoms with van der Waals surface area (Å²) in [6, 6.07) is 5.57. The second-order valence-electron chi connectivity index (χ2n) is 6.81. The topological polar surface area (TPSA) is 89.7 Å². The monoisotopic (exact) mass is 363 g/mol. The van der Waals surface area contributed by atoms with E-state index in [0.717, 1.165) is 38.2 Å². The molecule has 0 atom stereocenters. The quantitative estimate of drug-likeness (QED) is 0.702. The molecule has 27 heavy (non-hydrogen) atoms. The minimum atomic E-state index is -0.0142. The molecule has 1 aliphatic rings. The largest absolute Gasteiger partial charge is 0.339 e. The highest BCUT2D eigenvalue weighted by atomic mass is 16.2. The lowest BCUT2D eigenvalue weighted by Gasteiger charge is -2.31. The average molecular weight is 363 g/mol. The Hall–Kier alpha value is -3.16. The van der Waals surface area contributed by atoms with Crippen LogP contribution in [0.2, 0.25) is 0 Å². The van der Waals surface area contributed by atoms with E-state index in [9.17, 15) is 4.79 Å². The van der Waals surface area contributed by atoms with Crippen molar-refractivity contribution < 1.29 is 4.79 Å². The number of carbonyl (C=O) groups excluding carboxylic acids is 1. The van der Waals surface area contributed by atoms with Gasteiger partial charge in [-0.3, -0.25) is 9.78 Å². The molecule has 8 nitrogen and oxygen atoms in total. The lowest BCUT2D eigenvalue weighted by Crippen LogP contribution is -2.39. The van der Waals surface area contributed by atoms with Gasteiger partial charge in [-0.15, -0.1) is 10.2 Å². The second kappa shape index (κ2) is 7.61. The summed E-state index contributed by atoms with van der Waals surface area (Å²) >= 11 is 0. The third-order valence-electron chi connectivity index (χ3n) is 4.97. The van der Waals surface area contributed by atoms with Crippen LogP contribution < -0.4 is 0 Å². The predicted octanol–water partition coefficient (Wildman–Crippen LogP) is 1.76. The number of likely N-dealkylation sites (tertiary alicyclic amines) is 1. The van der Waals surface area contributed by atoms with E-state index < -0.39 is 0 Å². The van der Waals surface area contributed by atoms with Crippen molar-refractivity contribution >= 4 is 5.91 Å². The van der Waals surface area contributed by atoms with E-state index in [2.05, 4.69) is 25.1 Å². The number of amides is 1. The van der Waals surface area contributed by atoms with Gasteiger partial charge in [0.2, 0.25) is 0 Å². The third-order valence-corrected chi connectivity index (χ3v) is 4.97. The lowest BCUT2D eigenvalue weighted by molar-refractivity contribution is 0.0688. The van der Waals surface area contributed by atoms with Crippen molar-refractivity contribution in [2.24, 2.45) is 13.0 Å². The summed E-state index contributed by atoms with van der Waals surface area (Å²) < 4.78 is 1.96. The smallest absolute Gasteiger partial charge is 0.256 e. The Morgan fingerprint density at radius 3 is 2.56 bits per heavy atom. The molecule has 1 amide bonds. The first-order valence-electron chi connectivity index (χ1n) is 9.06. The molecule has 0 bridgehead atoms. The van der Waals surface area contributed by atoms with Crippen LogP contribution in [0, 0.1) is 5.92 Å². The average Bonchev–Trinajstić information content (AvgIpc) is 3.13. The molecule has 1 aliphatic heterocycles. The molecule has 4 rings (SSSR count). The first kappa shape index (κ1) is 17.3. The van der Waals surface area contributed by atoms with Gasteiger partial charge in [-0.1, -0.05) is 6.07 Å². The van der Waals surface area contributed by atoms with Crippen molar-refractivity contribution in [2.75, 3.05) is 13.1 Å². The van der Waals surface area contributed by atoms with Gasteiger partial charge in [-0.25, -0.2) is 9.97 Å². The van der Waals surface area contributed by atoms with Gasteiger partial charge in [0.05, 0.1) is 5.56 Å². The lowest BCUT2D eigenvalue weighted by atomic mass is 9.93. The van der Waals surface area contributed by atoms with Crippen molar-refractivity contribution in [1.82, 2.24) is 34.6 Å². The molecule has 3 aromatic rings. The summed E-state index contributed by atoms with van der Waals surface area (Å²) in [6.45, 7) is 1.48. The van der Waals surface area contributed by atoms with E-state index in [1.54, 1.807) is 24.9 Å². The Bertz CT molecular complexity index is 899. The summed E-state index contributed by atoms with van der Waals surface area (Å²) in [4.78, 5) is 27.4. The van der Waals surface area contributed by atoms with Gasteiger partial charge in [-0.05, 0) is 30.9 Å². The fourth-order valence-corrected chi connectivity index (χ4v) is 3.34. The zero-order valence-electron chi connectivity index (χ0n) is 15.2. The van der Waals surface area contributed by atoms with Crippen LogP contribution in [0.5, 0.6) is 0 Å². The molecule has 3 aromatic heterocycles. The van der Waals surface area contributed by atoms with Gasteiger partial charge in [0.15, 0.2) is 5.82 Å². The zero-order chi connectivity index (χ0) is 18.6. The van der Waals surface area contributed by atoms with Crippen LogP contribution in [-0.2, 0) is 13.5 Å². The molecule has 0 aliphatic carbocycles. The van der Waals surface area contributed by atoms with E-state index in [4.69, 9.17) is 0 Å². The van der Waals surface area contributed by atoms with Gasteiger partial charge >= 0.3 is 0 Å². The van der Waals surface area contributed by atoms with Crippen molar-refractivity contribution in [3.8, 4) is 11.5 Å². The van der Waals surface area contributed by atoms with Gasteiger partial charge in [0.25, 0.3) is 5.91 Å². The van der Waals surface area contributed by atoms with Crippen molar-refractivity contribution in [3.63, 3.8) is 0 Å². The van der Waals surface area contributed by atoms with Gasteiger partial charge in [0, 0.05) is 45.1 Å². The first-order valence-corrected chi connectivity index (χ1v) is 9.06. The number of carbonyl (C=O) groups is 1. The van der Waals surface area contributed by atoms with E-state index in [0.29, 0.717) is 23.0 Å². The molecule has 0 aromatic carbocycles. The predicted molar refractivity (Wildman–Crippen MR) is 98.6 cm³/mol. The minimum Gasteiger partial charge on any atom is -0.339 e. The van der Waals surface area contributed by atoms with Crippen LogP contribution in [0.4, 0.5) is 0 Å². The molecule has 0 unspecified atom stereocenters. The summed E-state index contributed by atoms with van der Waals surface area (Å²) in [6.07, 6.45) is 9.43. The maximum atomic E-state index is 12.7. The summed E-state index contributed by atoms with van der Waals surface area (Å²) in [5.41, 5.74) is 1.21. The van der Waals surface area contributed by atoms with Gasteiger partial charge in [-0.2, -0.15) is 0 Å². The Labute approximate surface area is 157 Å². The number of hydrogen-bond acceptors (Lipinski definition) is 6. The minimum absolute atomic E-state index is 0.0142. The first-order chi connectivity index (χ1) is 13.2.